The number of esters is 4. The number of rotatable bonds is 16. The molecule has 0 saturated carbocycles. The van der Waals surface area contributed by atoms with Crippen molar-refractivity contribution in [2.75, 3.05) is 62.4 Å². The van der Waals surface area contributed by atoms with Crippen LogP contribution in [0.2, 0.25) is 0 Å². The summed E-state index contributed by atoms with van der Waals surface area (Å²) < 4.78 is 19.7. The van der Waals surface area contributed by atoms with Gasteiger partial charge in [0.15, 0.2) is 0 Å². The average molecular weight is 559 g/mol. The fourth-order valence-corrected chi connectivity index (χ4v) is 3.54. The third kappa shape index (κ3) is 16.0. The zero-order chi connectivity index (χ0) is 29.6. The molecule has 0 aliphatic heterocycles. The van der Waals surface area contributed by atoms with Crippen molar-refractivity contribution in [3.63, 3.8) is 0 Å². The molecular weight excluding hydrogens is 516 g/mol. The minimum absolute atomic E-state index is 0.227. The van der Waals surface area contributed by atoms with Crippen LogP contribution in [0.25, 0.3) is 0 Å². The molecule has 0 spiro atoms. The van der Waals surface area contributed by atoms with Gasteiger partial charge in [-0.2, -0.15) is 0 Å². The molecule has 2 aromatic carbocycles. The number of carbonyl (C=O) groups is 4. The maximum Gasteiger partial charge on any atom is 0.307 e. The zero-order valence-corrected chi connectivity index (χ0v) is 24.0. The quantitative estimate of drug-likeness (QED) is 0.221. The van der Waals surface area contributed by atoms with Crippen LogP contribution in [0.1, 0.15) is 40.5 Å². The van der Waals surface area contributed by atoms with Crippen molar-refractivity contribution in [1.82, 2.24) is 0 Å². The minimum Gasteiger partial charge on any atom is -0.466 e. The molecule has 0 aromatic heterocycles. The highest BCUT2D eigenvalue weighted by molar-refractivity contribution is 5.71. The molecule has 0 amide bonds. The fourth-order valence-electron chi connectivity index (χ4n) is 3.54. The van der Waals surface area contributed by atoms with E-state index in [1.165, 1.54) is 13.8 Å². The maximum absolute atomic E-state index is 11.5. The van der Waals surface area contributed by atoms with Gasteiger partial charge in [0, 0.05) is 38.3 Å². The Kier molecular flexibility index (Phi) is 17.7. The molecule has 0 aliphatic rings. The van der Waals surface area contributed by atoms with Gasteiger partial charge in [-0.05, 0) is 38.1 Å². The molecule has 0 unspecified atom stereocenters. The Morgan fingerprint density at radius 1 is 0.550 bits per heavy atom. The van der Waals surface area contributed by atoms with Gasteiger partial charge in [-0.3, -0.25) is 19.2 Å². The number of nitrogens with zero attached hydrogens (tertiary/aromatic N) is 2. The number of hydrogen-bond acceptors (Lipinski definition) is 10. The van der Waals surface area contributed by atoms with Crippen LogP contribution in [0.15, 0.2) is 60.7 Å². The van der Waals surface area contributed by atoms with E-state index in [1.807, 2.05) is 70.5 Å². The summed E-state index contributed by atoms with van der Waals surface area (Å²) in [4.78, 5) is 48.5. The average Bonchev–Trinajstić information content (AvgIpc) is 2.93. The van der Waals surface area contributed by atoms with Crippen LogP contribution in [0.5, 0.6) is 0 Å². The SMILES string of the molecule is CC(=O)OCCN(CCOC(C)=O)c1ccccc1.CCOC(=O)CCN(CCC(=O)OCC)c1ccccc1. The molecule has 0 fully saturated rings. The Labute approximate surface area is 237 Å². The molecule has 0 heterocycles. The smallest absolute Gasteiger partial charge is 0.307 e. The van der Waals surface area contributed by atoms with Crippen LogP contribution in [0, 0.1) is 0 Å². The summed E-state index contributed by atoms with van der Waals surface area (Å²) in [6, 6.07) is 19.4. The Morgan fingerprint density at radius 3 is 1.23 bits per heavy atom. The highest BCUT2D eigenvalue weighted by Crippen LogP contribution is 2.15. The Bertz CT molecular complexity index is 959. The predicted molar refractivity (Wildman–Crippen MR) is 153 cm³/mol. The van der Waals surface area contributed by atoms with Crippen molar-refractivity contribution in [2.45, 2.75) is 40.5 Å². The third-order valence-corrected chi connectivity index (χ3v) is 5.36. The second-order valence-corrected chi connectivity index (χ2v) is 8.44. The summed E-state index contributed by atoms with van der Waals surface area (Å²) in [5.41, 5.74) is 1.98. The molecular formula is C30H42N2O8. The highest BCUT2D eigenvalue weighted by atomic mass is 16.5. The summed E-state index contributed by atoms with van der Waals surface area (Å²) in [6.07, 6.45) is 0.594. The van der Waals surface area contributed by atoms with Crippen molar-refractivity contribution in [2.24, 2.45) is 0 Å². The molecule has 2 rings (SSSR count). The second-order valence-electron chi connectivity index (χ2n) is 8.44. The van der Waals surface area contributed by atoms with E-state index in [4.69, 9.17) is 18.9 Å². The van der Waals surface area contributed by atoms with Gasteiger partial charge in [-0.1, -0.05) is 36.4 Å². The first-order chi connectivity index (χ1) is 19.3. The lowest BCUT2D eigenvalue weighted by atomic mass is 10.2. The zero-order valence-electron chi connectivity index (χ0n) is 24.0. The van der Waals surface area contributed by atoms with E-state index in [0.29, 0.717) is 65.4 Å². The molecule has 40 heavy (non-hydrogen) atoms. The van der Waals surface area contributed by atoms with E-state index in [2.05, 4.69) is 0 Å². The molecule has 0 aliphatic carbocycles. The van der Waals surface area contributed by atoms with Gasteiger partial charge in [0.2, 0.25) is 0 Å². The number of hydrogen-bond donors (Lipinski definition) is 0. The number of benzene rings is 2. The van der Waals surface area contributed by atoms with E-state index in [9.17, 15) is 19.2 Å². The van der Waals surface area contributed by atoms with Gasteiger partial charge in [0.25, 0.3) is 0 Å². The summed E-state index contributed by atoms with van der Waals surface area (Å²) in [5, 5.41) is 0. The van der Waals surface area contributed by atoms with Crippen molar-refractivity contribution in [3.8, 4) is 0 Å². The highest BCUT2D eigenvalue weighted by Gasteiger charge is 2.12. The Hall–Kier alpha value is -4.08. The second kappa shape index (κ2) is 20.8. The minimum atomic E-state index is -0.298. The van der Waals surface area contributed by atoms with Crippen molar-refractivity contribution in [1.29, 1.82) is 0 Å². The van der Waals surface area contributed by atoms with Crippen LogP contribution >= 0.6 is 0 Å². The van der Waals surface area contributed by atoms with Gasteiger partial charge in [0.05, 0.1) is 39.1 Å². The van der Waals surface area contributed by atoms with Gasteiger partial charge in [0.1, 0.15) is 13.2 Å². The Morgan fingerprint density at radius 2 is 0.900 bits per heavy atom. The lowest BCUT2D eigenvalue weighted by Crippen LogP contribution is -2.31. The maximum atomic E-state index is 11.5. The lowest BCUT2D eigenvalue weighted by Gasteiger charge is -2.24. The fraction of sp³-hybridized carbons (Fsp3) is 0.467. The van der Waals surface area contributed by atoms with Gasteiger partial charge in [-0.25, -0.2) is 0 Å². The molecule has 0 N–H and O–H groups in total. The summed E-state index contributed by atoms with van der Waals surface area (Å²) in [5.74, 6) is -1.05. The van der Waals surface area contributed by atoms with Gasteiger partial charge >= 0.3 is 23.9 Å². The molecule has 10 heteroatoms. The van der Waals surface area contributed by atoms with E-state index in [0.717, 1.165) is 11.4 Å². The topological polar surface area (TPSA) is 112 Å². The standard InChI is InChI=1S/C16H23NO4.C14H19NO4/c1-3-20-15(18)10-12-17(13-11-16(19)21-4-2)14-8-6-5-7-9-14;1-12(16)18-10-8-15(9-11-19-13(2)17)14-6-4-3-5-7-14/h5-9H,3-4,10-13H2,1-2H3;3-7H,8-11H2,1-2H3. The van der Waals surface area contributed by atoms with Crippen molar-refractivity contribution < 1.29 is 38.1 Å². The van der Waals surface area contributed by atoms with Crippen LogP contribution < -0.4 is 9.80 Å². The number of anilines is 2. The number of ether oxygens (including phenoxy) is 4. The number of carbonyl (C=O) groups excluding carboxylic acids is 4. The van der Waals surface area contributed by atoms with Crippen molar-refractivity contribution in [3.05, 3.63) is 60.7 Å². The number of para-hydroxylation sites is 2. The summed E-state index contributed by atoms with van der Waals surface area (Å²) in [6.45, 7) is 9.87. The van der Waals surface area contributed by atoms with Crippen LogP contribution in [0.4, 0.5) is 11.4 Å². The molecule has 0 bridgehead atoms. The van der Waals surface area contributed by atoms with E-state index >= 15 is 0 Å². The van der Waals surface area contributed by atoms with Crippen LogP contribution in [0.3, 0.4) is 0 Å². The first kappa shape index (κ1) is 33.9. The molecule has 0 saturated heterocycles. The first-order valence-electron chi connectivity index (χ1n) is 13.4. The van der Waals surface area contributed by atoms with E-state index < -0.39 is 0 Å². The van der Waals surface area contributed by atoms with Crippen molar-refractivity contribution >= 4 is 35.3 Å². The van der Waals surface area contributed by atoms with Crippen LogP contribution in [-0.4, -0.2) is 76.5 Å². The third-order valence-electron chi connectivity index (χ3n) is 5.36. The largest absolute Gasteiger partial charge is 0.466 e. The first-order valence-corrected chi connectivity index (χ1v) is 13.4. The normalized spacial score (nSPS) is 9.90. The monoisotopic (exact) mass is 558 g/mol. The molecule has 220 valence electrons. The molecule has 2 aromatic rings. The Balaban J connectivity index is 0.000000402. The lowest BCUT2D eigenvalue weighted by molar-refractivity contribution is -0.143. The molecule has 0 atom stereocenters. The van der Waals surface area contributed by atoms with Gasteiger partial charge < -0.3 is 28.7 Å². The van der Waals surface area contributed by atoms with Gasteiger partial charge in [-0.15, -0.1) is 0 Å². The summed E-state index contributed by atoms with van der Waals surface area (Å²) in [7, 11) is 0. The predicted octanol–water partition coefficient (Wildman–Crippen LogP) is 4.02. The van der Waals surface area contributed by atoms with E-state index in [-0.39, 0.29) is 23.9 Å². The molecule has 10 nitrogen and oxygen atoms in total. The van der Waals surface area contributed by atoms with Crippen LogP contribution in [-0.2, 0) is 38.1 Å². The molecule has 0 radical (unpaired) electrons. The van der Waals surface area contributed by atoms with E-state index in [1.54, 1.807) is 13.8 Å². The summed E-state index contributed by atoms with van der Waals surface area (Å²) >= 11 is 0.